The van der Waals surface area contributed by atoms with Gasteiger partial charge in [0.05, 0.1) is 21.8 Å². The number of nitriles is 1. The van der Waals surface area contributed by atoms with Crippen LogP contribution in [0.5, 0.6) is 0 Å². The summed E-state index contributed by atoms with van der Waals surface area (Å²) in [5.41, 5.74) is 1.36. The van der Waals surface area contributed by atoms with E-state index in [0.717, 1.165) is 18.5 Å². The zero-order chi connectivity index (χ0) is 20.3. The van der Waals surface area contributed by atoms with Crippen LogP contribution in [0.3, 0.4) is 0 Å². The molecule has 0 saturated heterocycles. The van der Waals surface area contributed by atoms with Crippen LogP contribution in [-0.4, -0.2) is 29.7 Å². The first kappa shape index (κ1) is 20.5. The van der Waals surface area contributed by atoms with E-state index in [-0.39, 0.29) is 11.1 Å². The number of esters is 1. The van der Waals surface area contributed by atoms with Gasteiger partial charge in [0.2, 0.25) is 0 Å². The highest BCUT2D eigenvalue weighted by Crippen LogP contribution is 2.40. The molecule has 6 nitrogen and oxygen atoms in total. The van der Waals surface area contributed by atoms with Crippen LogP contribution < -0.4 is 5.32 Å². The van der Waals surface area contributed by atoms with E-state index in [1.807, 2.05) is 6.07 Å². The molecule has 9 heteroatoms. The standard InChI is InChI=1S/C19H15Cl2N3O3S/c1-28-18-13(8-22)12(7-15(24-18)10-2-3-10)19(26)27-9-17(25)23-16-6-11(20)4-5-14(16)21/h4-7,10H,2-3,9H2,1H3,(H,23,25). The van der Waals surface area contributed by atoms with Gasteiger partial charge in [-0.25, -0.2) is 9.78 Å². The number of hydrogen-bond donors (Lipinski definition) is 1. The van der Waals surface area contributed by atoms with E-state index in [2.05, 4.69) is 10.3 Å². The van der Waals surface area contributed by atoms with E-state index in [9.17, 15) is 14.9 Å². The van der Waals surface area contributed by atoms with Gasteiger partial charge in [-0.05, 0) is 43.4 Å². The van der Waals surface area contributed by atoms with Crippen LogP contribution in [0.4, 0.5) is 5.69 Å². The molecule has 0 aliphatic heterocycles. The predicted molar refractivity (Wildman–Crippen MR) is 108 cm³/mol. The summed E-state index contributed by atoms with van der Waals surface area (Å²) in [6, 6.07) is 8.22. The molecule has 1 aliphatic carbocycles. The first-order chi connectivity index (χ1) is 13.4. The fourth-order valence-corrected chi connectivity index (χ4v) is 3.43. The lowest BCUT2D eigenvalue weighted by atomic mass is 10.1. The van der Waals surface area contributed by atoms with Crippen molar-refractivity contribution in [3.8, 4) is 6.07 Å². The van der Waals surface area contributed by atoms with Gasteiger partial charge in [-0.1, -0.05) is 23.2 Å². The number of amides is 1. The smallest absolute Gasteiger partial charge is 0.340 e. The SMILES string of the molecule is CSc1nc(C2CC2)cc(C(=O)OCC(=O)Nc2cc(Cl)ccc2Cl)c1C#N. The zero-order valence-corrected chi connectivity index (χ0v) is 17.1. The van der Waals surface area contributed by atoms with Gasteiger partial charge in [0.1, 0.15) is 11.1 Å². The molecule has 0 unspecified atom stereocenters. The highest BCUT2D eigenvalue weighted by molar-refractivity contribution is 7.98. The number of hydrogen-bond acceptors (Lipinski definition) is 6. The summed E-state index contributed by atoms with van der Waals surface area (Å²) in [6.45, 7) is -0.526. The molecule has 1 N–H and O–H groups in total. The second-order valence-electron chi connectivity index (χ2n) is 6.11. The number of aromatic nitrogens is 1. The maximum absolute atomic E-state index is 12.5. The third-order valence-corrected chi connectivity index (χ3v) is 5.31. The van der Waals surface area contributed by atoms with Crippen molar-refractivity contribution in [2.75, 3.05) is 18.2 Å². The van der Waals surface area contributed by atoms with Crippen LogP contribution >= 0.6 is 35.0 Å². The summed E-state index contributed by atoms with van der Waals surface area (Å²) in [4.78, 5) is 29.1. The molecule has 28 heavy (non-hydrogen) atoms. The molecule has 1 aromatic carbocycles. The van der Waals surface area contributed by atoms with Crippen molar-refractivity contribution >= 4 is 52.5 Å². The average molecular weight is 436 g/mol. The molecular weight excluding hydrogens is 421 g/mol. The van der Waals surface area contributed by atoms with Crippen molar-refractivity contribution in [3.05, 3.63) is 51.1 Å². The van der Waals surface area contributed by atoms with E-state index >= 15 is 0 Å². The van der Waals surface area contributed by atoms with Gasteiger partial charge < -0.3 is 10.1 Å². The lowest BCUT2D eigenvalue weighted by molar-refractivity contribution is -0.119. The summed E-state index contributed by atoms with van der Waals surface area (Å²) < 4.78 is 5.11. The molecule has 3 rings (SSSR count). The van der Waals surface area contributed by atoms with Crippen LogP contribution in [-0.2, 0) is 9.53 Å². The van der Waals surface area contributed by atoms with Crippen molar-refractivity contribution in [2.45, 2.75) is 23.8 Å². The number of anilines is 1. The zero-order valence-electron chi connectivity index (χ0n) is 14.8. The Labute approximate surface area is 176 Å². The summed E-state index contributed by atoms with van der Waals surface area (Å²) in [5, 5.41) is 13.2. The van der Waals surface area contributed by atoms with Crippen LogP contribution in [0.2, 0.25) is 10.0 Å². The van der Waals surface area contributed by atoms with Crippen LogP contribution in [0.1, 0.15) is 40.4 Å². The summed E-state index contributed by atoms with van der Waals surface area (Å²) >= 11 is 13.2. The van der Waals surface area contributed by atoms with Crippen molar-refractivity contribution in [2.24, 2.45) is 0 Å². The third-order valence-electron chi connectivity index (χ3n) is 4.06. The van der Waals surface area contributed by atoms with E-state index in [1.165, 1.54) is 17.8 Å². The van der Waals surface area contributed by atoms with Crippen LogP contribution in [0, 0.1) is 11.3 Å². The van der Waals surface area contributed by atoms with Crippen LogP contribution in [0.25, 0.3) is 0 Å². The minimum Gasteiger partial charge on any atom is -0.452 e. The molecule has 2 aromatic rings. The highest BCUT2D eigenvalue weighted by atomic mass is 35.5. The Morgan fingerprint density at radius 2 is 2.11 bits per heavy atom. The molecule has 1 aliphatic rings. The number of nitrogens with zero attached hydrogens (tertiary/aromatic N) is 2. The van der Waals surface area contributed by atoms with Crippen molar-refractivity contribution in [3.63, 3.8) is 0 Å². The predicted octanol–water partition coefficient (Wildman–Crippen LogP) is 4.65. The monoisotopic (exact) mass is 435 g/mol. The van der Waals surface area contributed by atoms with Gasteiger partial charge in [-0.3, -0.25) is 4.79 Å². The van der Waals surface area contributed by atoms with E-state index in [1.54, 1.807) is 24.5 Å². The Morgan fingerprint density at radius 1 is 1.36 bits per heavy atom. The maximum Gasteiger partial charge on any atom is 0.340 e. The minimum atomic E-state index is -0.747. The molecule has 1 saturated carbocycles. The Hall–Kier alpha value is -2.27. The molecule has 1 amide bonds. The second kappa shape index (κ2) is 8.82. The largest absolute Gasteiger partial charge is 0.452 e. The van der Waals surface area contributed by atoms with Gasteiger partial charge in [-0.2, -0.15) is 5.26 Å². The number of rotatable bonds is 6. The third kappa shape index (κ3) is 4.76. The van der Waals surface area contributed by atoms with Gasteiger partial charge in [0.25, 0.3) is 5.91 Å². The van der Waals surface area contributed by atoms with E-state index in [0.29, 0.717) is 26.7 Å². The molecule has 0 radical (unpaired) electrons. The number of pyridine rings is 1. The lowest BCUT2D eigenvalue weighted by Gasteiger charge is -2.11. The first-order valence-corrected chi connectivity index (χ1v) is 10.3. The number of nitrogens with one attached hydrogen (secondary N) is 1. The number of carbonyl (C=O) groups excluding carboxylic acids is 2. The quantitative estimate of drug-likeness (QED) is 0.523. The maximum atomic E-state index is 12.5. The number of ether oxygens (including phenoxy) is 1. The van der Waals surface area contributed by atoms with E-state index in [4.69, 9.17) is 27.9 Å². The lowest BCUT2D eigenvalue weighted by Crippen LogP contribution is -2.21. The summed E-state index contributed by atoms with van der Waals surface area (Å²) in [5.74, 6) is -1.01. The molecule has 1 heterocycles. The molecule has 0 bridgehead atoms. The summed E-state index contributed by atoms with van der Waals surface area (Å²) in [6.07, 6.45) is 3.80. The Bertz CT molecular complexity index is 987. The average Bonchev–Trinajstić information content (AvgIpc) is 3.53. The fraction of sp³-hybridized carbons (Fsp3) is 0.263. The second-order valence-corrected chi connectivity index (χ2v) is 7.75. The van der Waals surface area contributed by atoms with Gasteiger partial charge in [0.15, 0.2) is 6.61 Å². The number of carbonyl (C=O) groups is 2. The van der Waals surface area contributed by atoms with Crippen molar-refractivity contribution in [1.29, 1.82) is 5.26 Å². The first-order valence-electron chi connectivity index (χ1n) is 8.34. The van der Waals surface area contributed by atoms with E-state index < -0.39 is 18.5 Å². The fourth-order valence-electron chi connectivity index (χ4n) is 2.53. The Kier molecular flexibility index (Phi) is 6.45. The molecular formula is C19H15Cl2N3O3S. The molecule has 1 aromatic heterocycles. The minimum absolute atomic E-state index is 0.123. The molecule has 1 fully saturated rings. The Balaban J connectivity index is 1.72. The molecule has 0 atom stereocenters. The molecule has 144 valence electrons. The molecule has 0 spiro atoms. The number of halogens is 2. The number of thioether (sulfide) groups is 1. The topological polar surface area (TPSA) is 92.1 Å². The van der Waals surface area contributed by atoms with Crippen LogP contribution in [0.15, 0.2) is 29.3 Å². The van der Waals surface area contributed by atoms with Gasteiger partial charge in [-0.15, -0.1) is 11.8 Å². The highest BCUT2D eigenvalue weighted by Gasteiger charge is 2.29. The Morgan fingerprint density at radius 3 is 2.75 bits per heavy atom. The normalized spacial score (nSPS) is 12.9. The summed E-state index contributed by atoms with van der Waals surface area (Å²) in [7, 11) is 0. The number of benzene rings is 1. The van der Waals surface area contributed by atoms with Crippen molar-refractivity contribution < 1.29 is 14.3 Å². The van der Waals surface area contributed by atoms with Gasteiger partial charge >= 0.3 is 5.97 Å². The van der Waals surface area contributed by atoms with Crippen molar-refractivity contribution in [1.82, 2.24) is 4.98 Å². The van der Waals surface area contributed by atoms with Gasteiger partial charge in [0, 0.05) is 16.6 Å².